The summed E-state index contributed by atoms with van der Waals surface area (Å²) in [7, 11) is 0. The summed E-state index contributed by atoms with van der Waals surface area (Å²) in [4.78, 5) is 29.8. The fraction of sp³-hybridized carbons (Fsp3) is 0.292. The molecule has 0 spiro atoms. The maximum atomic E-state index is 12.9. The highest BCUT2D eigenvalue weighted by Crippen LogP contribution is 2.16. The van der Waals surface area contributed by atoms with Crippen LogP contribution in [0, 0.1) is 0 Å². The number of carbonyl (C=O) groups is 2. The number of fused-ring (bicyclic) bond motifs is 1. The van der Waals surface area contributed by atoms with Gasteiger partial charge in [0.25, 0.3) is 0 Å². The van der Waals surface area contributed by atoms with Gasteiger partial charge >= 0.3 is 0 Å². The smallest absolute Gasteiger partial charge is 0.246 e. The second-order valence-electron chi connectivity index (χ2n) is 7.53. The molecule has 2 amide bonds. The molecule has 0 aliphatic carbocycles. The van der Waals surface area contributed by atoms with E-state index < -0.39 is 12.1 Å². The molecule has 1 heterocycles. The lowest BCUT2D eigenvalue weighted by atomic mass is 10.0. The predicted octanol–water partition coefficient (Wildman–Crippen LogP) is 2.36. The summed E-state index contributed by atoms with van der Waals surface area (Å²) in [5.74, 6) is -0.654. The number of hydrogen-bond donors (Lipinski definition) is 4. The number of hydrogen-bond acceptors (Lipinski definition) is 5. The lowest BCUT2D eigenvalue weighted by Gasteiger charge is -2.20. The highest BCUT2D eigenvalue weighted by molar-refractivity contribution is 5.98. The Hall–Kier alpha value is -3.29. The molecule has 1 aromatic heterocycles. The molecule has 6 N–H and O–H groups in total. The van der Waals surface area contributed by atoms with Crippen LogP contribution in [0.3, 0.4) is 0 Å². The van der Waals surface area contributed by atoms with E-state index in [0.29, 0.717) is 37.9 Å². The molecule has 7 nitrogen and oxygen atoms in total. The molecule has 2 aromatic carbocycles. The van der Waals surface area contributed by atoms with E-state index in [1.165, 1.54) is 0 Å². The van der Waals surface area contributed by atoms with Crippen LogP contribution in [0.15, 0.2) is 66.9 Å². The van der Waals surface area contributed by atoms with Crippen molar-refractivity contribution >= 4 is 28.4 Å². The van der Waals surface area contributed by atoms with Gasteiger partial charge in [-0.3, -0.25) is 14.6 Å². The van der Waals surface area contributed by atoms with Crippen LogP contribution in [-0.2, 0) is 16.0 Å². The quantitative estimate of drug-likeness (QED) is 0.402. The third-order valence-electron chi connectivity index (χ3n) is 5.11. The largest absolute Gasteiger partial charge is 0.343 e. The van der Waals surface area contributed by atoms with Crippen LogP contribution in [0.5, 0.6) is 0 Å². The third-order valence-corrected chi connectivity index (χ3v) is 5.11. The minimum atomic E-state index is -0.717. The number of benzene rings is 2. The predicted molar refractivity (Wildman–Crippen MR) is 123 cm³/mol. The van der Waals surface area contributed by atoms with Crippen LogP contribution >= 0.6 is 0 Å². The van der Waals surface area contributed by atoms with Crippen molar-refractivity contribution in [2.45, 2.75) is 37.8 Å². The Labute approximate surface area is 182 Å². The van der Waals surface area contributed by atoms with Crippen molar-refractivity contribution in [3.63, 3.8) is 0 Å². The number of nitrogens with one attached hydrogen (secondary N) is 2. The lowest BCUT2D eigenvalue weighted by molar-refractivity contribution is -0.127. The molecule has 0 aliphatic rings. The van der Waals surface area contributed by atoms with E-state index >= 15 is 0 Å². The SMILES string of the molecule is NCCC[C@H](NC(=O)[C@@H](N)CCc1ccccc1)C(=O)Nc1cnc2ccccc2c1. The number of amides is 2. The fourth-order valence-electron chi connectivity index (χ4n) is 3.34. The number of rotatable bonds is 10. The Bertz CT molecular complexity index is 1010. The zero-order valence-electron chi connectivity index (χ0n) is 17.5. The molecule has 0 fully saturated rings. The van der Waals surface area contributed by atoms with Gasteiger partial charge < -0.3 is 22.1 Å². The maximum Gasteiger partial charge on any atom is 0.246 e. The van der Waals surface area contributed by atoms with E-state index in [-0.39, 0.29) is 11.8 Å². The third kappa shape index (κ3) is 6.60. The Morgan fingerprint density at radius 1 is 0.968 bits per heavy atom. The topological polar surface area (TPSA) is 123 Å². The summed E-state index contributed by atoms with van der Waals surface area (Å²) < 4.78 is 0. The molecule has 3 rings (SSSR count). The molecular formula is C24H29N5O2. The van der Waals surface area contributed by atoms with Gasteiger partial charge in [0.1, 0.15) is 6.04 Å². The van der Waals surface area contributed by atoms with Crippen LogP contribution in [0.1, 0.15) is 24.8 Å². The molecule has 31 heavy (non-hydrogen) atoms. The standard InChI is InChI=1S/C24H29N5O2/c25-14-6-11-22(29-23(30)20(26)13-12-17-7-2-1-3-8-17)24(31)28-19-15-18-9-4-5-10-21(18)27-16-19/h1-5,7-10,15-16,20,22H,6,11-14,25-26H2,(H,28,31)(H,29,30)/t20-,22-/m0/s1. The Kier molecular flexibility index (Phi) is 8.09. The monoisotopic (exact) mass is 419 g/mol. The Morgan fingerprint density at radius 3 is 2.48 bits per heavy atom. The average molecular weight is 420 g/mol. The molecule has 0 unspecified atom stereocenters. The zero-order valence-corrected chi connectivity index (χ0v) is 17.5. The van der Waals surface area contributed by atoms with E-state index in [1.54, 1.807) is 6.20 Å². The number of nitrogens with two attached hydrogens (primary N) is 2. The first-order chi connectivity index (χ1) is 15.1. The average Bonchev–Trinajstić information content (AvgIpc) is 2.80. The first kappa shape index (κ1) is 22.4. The van der Waals surface area contributed by atoms with Crippen LogP contribution in [-0.4, -0.2) is 35.4 Å². The number of para-hydroxylation sites is 1. The molecule has 0 bridgehead atoms. The number of nitrogens with zero attached hydrogens (tertiary/aromatic N) is 1. The van der Waals surface area contributed by atoms with Crippen LogP contribution in [0.4, 0.5) is 5.69 Å². The minimum absolute atomic E-state index is 0.311. The van der Waals surface area contributed by atoms with Crippen molar-refractivity contribution in [2.75, 3.05) is 11.9 Å². The van der Waals surface area contributed by atoms with Crippen molar-refractivity contribution in [2.24, 2.45) is 11.5 Å². The van der Waals surface area contributed by atoms with Crippen molar-refractivity contribution in [1.82, 2.24) is 10.3 Å². The molecule has 7 heteroatoms. The molecule has 0 saturated carbocycles. The highest BCUT2D eigenvalue weighted by atomic mass is 16.2. The van der Waals surface area contributed by atoms with Gasteiger partial charge in [0.2, 0.25) is 11.8 Å². The van der Waals surface area contributed by atoms with Crippen LogP contribution < -0.4 is 22.1 Å². The van der Waals surface area contributed by atoms with E-state index in [2.05, 4.69) is 15.6 Å². The molecule has 162 valence electrons. The lowest BCUT2D eigenvalue weighted by Crippen LogP contribution is -2.50. The first-order valence-electron chi connectivity index (χ1n) is 10.5. The number of aromatic nitrogens is 1. The molecule has 3 aromatic rings. The van der Waals surface area contributed by atoms with Gasteiger partial charge in [-0.15, -0.1) is 0 Å². The summed E-state index contributed by atoms with van der Waals surface area (Å²) >= 11 is 0. The van der Waals surface area contributed by atoms with E-state index in [1.807, 2.05) is 60.7 Å². The van der Waals surface area contributed by atoms with Crippen LogP contribution in [0.2, 0.25) is 0 Å². The van der Waals surface area contributed by atoms with E-state index in [9.17, 15) is 9.59 Å². The van der Waals surface area contributed by atoms with Gasteiger partial charge in [-0.05, 0) is 49.9 Å². The molecule has 0 aliphatic heterocycles. The minimum Gasteiger partial charge on any atom is -0.343 e. The number of carbonyl (C=O) groups excluding carboxylic acids is 2. The Balaban J connectivity index is 1.60. The Morgan fingerprint density at radius 2 is 1.71 bits per heavy atom. The van der Waals surface area contributed by atoms with Gasteiger partial charge in [-0.1, -0.05) is 48.5 Å². The fourth-order valence-corrected chi connectivity index (χ4v) is 3.34. The van der Waals surface area contributed by atoms with Gasteiger partial charge in [0.15, 0.2) is 0 Å². The molecule has 2 atom stereocenters. The normalized spacial score (nSPS) is 12.8. The highest BCUT2D eigenvalue weighted by Gasteiger charge is 2.23. The van der Waals surface area contributed by atoms with Gasteiger partial charge in [0, 0.05) is 5.39 Å². The number of anilines is 1. The summed E-state index contributed by atoms with van der Waals surface area (Å²) in [6.07, 6.45) is 3.83. The van der Waals surface area contributed by atoms with Gasteiger partial charge in [-0.25, -0.2) is 0 Å². The summed E-state index contributed by atoms with van der Waals surface area (Å²) in [6, 6.07) is 17.9. The second-order valence-corrected chi connectivity index (χ2v) is 7.53. The molecular weight excluding hydrogens is 390 g/mol. The number of aryl methyl sites for hydroxylation is 1. The summed E-state index contributed by atoms with van der Waals surface area (Å²) in [5.41, 5.74) is 14.2. The summed E-state index contributed by atoms with van der Waals surface area (Å²) in [6.45, 7) is 0.428. The van der Waals surface area contributed by atoms with Crippen molar-refractivity contribution in [1.29, 1.82) is 0 Å². The zero-order chi connectivity index (χ0) is 22.1. The molecule has 0 saturated heterocycles. The first-order valence-corrected chi connectivity index (χ1v) is 10.5. The summed E-state index contributed by atoms with van der Waals surface area (Å²) in [5, 5.41) is 6.56. The van der Waals surface area contributed by atoms with E-state index in [4.69, 9.17) is 11.5 Å². The van der Waals surface area contributed by atoms with Gasteiger partial charge in [-0.2, -0.15) is 0 Å². The van der Waals surface area contributed by atoms with E-state index in [0.717, 1.165) is 16.5 Å². The number of pyridine rings is 1. The molecule has 0 radical (unpaired) electrons. The van der Waals surface area contributed by atoms with Crippen LogP contribution in [0.25, 0.3) is 10.9 Å². The van der Waals surface area contributed by atoms with Gasteiger partial charge in [0.05, 0.1) is 23.4 Å². The van der Waals surface area contributed by atoms with Crippen molar-refractivity contribution in [3.05, 3.63) is 72.4 Å². The maximum absolute atomic E-state index is 12.9. The van der Waals surface area contributed by atoms with Crippen molar-refractivity contribution in [3.8, 4) is 0 Å². The van der Waals surface area contributed by atoms with Crippen molar-refractivity contribution < 1.29 is 9.59 Å². The second kappa shape index (κ2) is 11.2.